The van der Waals surface area contributed by atoms with Gasteiger partial charge in [0.15, 0.2) is 0 Å². The van der Waals surface area contributed by atoms with Crippen molar-refractivity contribution in [1.82, 2.24) is 15.5 Å². The van der Waals surface area contributed by atoms with Crippen molar-refractivity contribution < 1.29 is 4.79 Å². The van der Waals surface area contributed by atoms with Gasteiger partial charge < -0.3 is 15.5 Å². The maximum atomic E-state index is 11.3. The first kappa shape index (κ1) is 10.9. The van der Waals surface area contributed by atoms with Gasteiger partial charge in [-0.15, -0.1) is 0 Å². The second-order valence-corrected chi connectivity index (χ2v) is 4.51. The number of amides is 1. The summed E-state index contributed by atoms with van der Waals surface area (Å²) in [5.74, 6) is 0.625. The molecule has 2 fully saturated rings. The third kappa shape index (κ3) is 3.80. The molecular weight excluding hydrogens is 190 g/mol. The van der Waals surface area contributed by atoms with Crippen molar-refractivity contribution in [1.29, 1.82) is 0 Å². The van der Waals surface area contributed by atoms with E-state index in [-0.39, 0.29) is 5.91 Å². The molecule has 0 unspecified atom stereocenters. The molecule has 0 aromatic heterocycles. The molecule has 0 aromatic carbocycles. The van der Waals surface area contributed by atoms with Gasteiger partial charge >= 0.3 is 0 Å². The lowest BCUT2D eigenvalue weighted by Gasteiger charge is -2.27. The van der Waals surface area contributed by atoms with Crippen LogP contribution >= 0.6 is 0 Å². The molecule has 1 aliphatic carbocycles. The maximum absolute atomic E-state index is 11.3. The zero-order chi connectivity index (χ0) is 10.5. The Morgan fingerprint density at radius 1 is 1.33 bits per heavy atom. The van der Waals surface area contributed by atoms with Gasteiger partial charge in [0.05, 0.1) is 0 Å². The number of carbonyl (C=O) groups is 1. The molecule has 86 valence electrons. The molecule has 0 aromatic rings. The maximum Gasteiger partial charge on any atom is 0.223 e. The van der Waals surface area contributed by atoms with Crippen LogP contribution in [0, 0.1) is 5.92 Å². The largest absolute Gasteiger partial charge is 0.356 e. The third-order valence-corrected chi connectivity index (χ3v) is 3.11. The van der Waals surface area contributed by atoms with Crippen LogP contribution in [0.3, 0.4) is 0 Å². The fraction of sp³-hybridized carbons (Fsp3) is 0.909. The van der Waals surface area contributed by atoms with Crippen molar-refractivity contribution in [3.8, 4) is 0 Å². The molecule has 0 spiro atoms. The number of hydrogen-bond acceptors (Lipinski definition) is 3. The predicted molar refractivity (Wildman–Crippen MR) is 59.7 cm³/mol. The summed E-state index contributed by atoms with van der Waals surface area (Å²) in [7, 11) is 0. The van der Waals surface area contributed by atoms with Crippen molar-refractivity contribution >= 4 is 5.91 Å². The van der Waals surface area contributed by atoms with E-state index in [1.54, 1.807) is 0 Å². The Balaban J connectivity index is 1.48. The highest BCUT2D eigenvalue weighted by Gasteiger charge is 2.28. The summed E-state index contributed by atoms with van der Waals surface area (Å²) < 4.78 is 0. The van der Waals surface area contributed by atoms with Crippen LogP contribution in [0.25, 0.3) is 0 Å². The van der Waals surface area contributed by atoms with E-state index in [0.29, 0.717) is 5.92 Å². The highest BCUT2D eigenvalue weighted by molar-refractivity contribution is 5.80. The Morgan fingerprint density at radius 2 is 2.07 bits per heavy atom. The first-order chi connectivity index (χ1) is 7.36. The Bertz CT molecular complexity index is 210. The normalized spacial score (nSPS) is 22.7. The van der Waals surface area contributed by atoms with Crippen LogP contribution < -0.4 is 10.6 Å². The van der Waals surface area contributed by atoms with Crippen molar-refractivity contribution in [2.45, 2.75) is 19.3 Å². The van der Waals surface area contributed by atoms with E-state index in [1.165, 1.54) is 0 Å². The molecule has 4 nitrogen and oxygen atoms in total. The Morgan fingerprint density at radius 3 is 2.73 bits per heavy atom. The van der Waals surface area contributed by atoms with E-state index >= 15 is 0 Å². The fourth-order valence-electron chi connectivity index (χ4n) is 1.94. The standard InChI is InChI=1S/C11H21N3O/c15-11(10-2-3-10)13-4-1-7-14-8-5-12-6-9-14/h10,12H,1-9H2,(H,13,15). The number of nitrogens with zero attached hydrogens (tertiary/aromatic N) is 1. The molecule has 1 aliphatic heterocycles. The lowest BCUT2D eigenvalue weighted by Crippen LogP contribution is -2.44. The van der Waals surface area contributed by atoms with Gasteiger partial charge in [0.2, 0.25) is 5.91 Å². The molecule has 0 atom stereocenters. The van der Waals surface area contributed by atoms with Gasteiger partial charge in [-0.05, 0) is 25.8 Å². The number of nitrogens with one attached hydrogen (secondary N) is 2. The topological polar surface area (TPSA) is 44.4 Å². The molecule has 2 rings (SSSR count). The van der Waals surface area contributed by atoms with E-state index in [0.717, 1.165) is 58.5 Å². The van der Waals surface area contributed by atoms with Gasteiger partial charge in [0, 0.05) is 38.6 Å². The summed E-state index contributed by atoms with van der Waals surface area (Å²) in [4.78, 5) is 13.8. The summed E-state index contributed by atoms with van der Waals surface area (Å²) in [6.07, 6.45) is 3.28. The van der Waals surface area contributed by atoms with Crippen LogP contribution in [0.5, 0.6) is 0 Å². The molecule has 1 saturated carbocycles. The van der Waals surface area contributed by atoms with Crippen molar-refractivity contribution in [3.63, 3.8) is 0 Å². The summed E-state index contributed by atoms with van der Waals surface area (Å²) in [5.41, 5.74) is 0. The lowest BCUT2D eigenvalue weighted by atomic mass is 10.3. The SMILES string of the molecule is O=C(NCCCN1CCNCC1)C1CC1. The van der Waals surface area contributed by atoms with Gasteiger partial charge in [-0.25, -0.2) is 0 Å². The van der Waals surface area contributed by atoms with Crippen LogP contribution in [0.2, 0.25) is 0 Å². The first-order valence-electron chi connectivity index (χ1n) is 6.07. The van der Waals surface area contributed by atoms with Gasteiger partial charge in [-0.3, -0.25) is 4.79 Å². The average molecular weight is 211 g/mol. The van der Waals surface area contributed by atoms with Crippen molar-refractivity contribution in [2.75, 3.05) is 39.3 Å². The van der Waals surface area contributed by atoms with E-state index in [1.807, 2.05) is 0 Å². The summed E-state index contributed by atoms with van der Waals surface area (Å²) in [5, 5.41) is 6.34. The van der Waals surface area contributed by atoms with Crippen LogP contribution in [-0.4, -0.2) is 50.1 Å². The summed E-state index contributed by atoms with van der Waals surface area (Å²) in [6, 6.07) is 0. The molecular formula is C11H21N3O. The number of rotatable bonds is 5. The average Bonchev–Trinajstić information content (AvgIpc) is 3.09. The zero-order valence-corrected chi connectivity index (χ0v) is 9.30. The van der Waals surface area contributed by atoms with E-state index in [2.05, 4.69) is 15.5 Å². The van der Waals surface area contributed by atoms with E-state index in [9.17, 15) is 4.79 Å². The van der Waals surface area contributed by atoms with E-state index < -0.39 is 0 Å². The Hall–Kier alpha value is -0.610. The molecule has 0 bridgehead atoms. The second-order valence-electron chi connectivity index (χ2n) is 4.51. The van der Waals surface area contributed by atoms with Gasteiger partial charge in [-0.1, -0.05) is 0 Å². The molecule has 2 N–H and O–H groups in total. The quantitative estimate of drug-likeness (QED) is 0.619. The minimum Gasteiger partial charge on any atom is -0.356 e. The van der Waals surface area contributed by atoms with Crippen LogP contribution in [0.4, 0.5) is 0 Å². The van der Waals surface area contributed by atoms with E-state index in [4.69, 9.17) is 0 Å². The lowest BCUT2D eigenvalue weighted by molar-refractivity contribution is -0.122. The molecule has 1 amide bonds. The molecule has 1 saturated heterocycles. The molecule has 15 heavy (non-hydrogen) atoms. The highest BCUT2D eigenvalue weighted by Crippen LogP contribution is 2.28. The van der Waals surface area contributed by atoms with Crippen LogP contribution in [0.15, 0.2) is 0 Å². The molecule has 2 aliphatic rings. The second kappa shape index (κ2) is 5.47. The third-order valence-electron chi connectivity index (χ3n) is 3.11. The zero-order valence-electron chi connectivity index (χ0n) is 9.30. The van der Waals surface area contributed by atoms with Gasteiger partial charge in [-0.2, -0.15) is 0 Å². The summed E-state index contributed by atoms with van der Waals surface area (Å²) in [6.45, 7) is 6.47. The molecule has 4 heteroatoms. The smallest absolute Gasteiger partial charge is 0.223 e. The minimum atomic E-state index is 0.273. The Labute approximate surface area is 91.4 Å². The van der Waals surface area contributed by atoms with Crippen LogP contribution in [-0.2, 0) is 4.79 Å². The van der Waals surface area contributed by atoms with Gasteiger partial charge in [0.25, 0.3) is 0 Å². The highest BCUT2D eigenvalue weighted by atomic mass is 16.2. The number of piperazine rings is 1. The predicted octanol–water partition coefficient (Wildman–Crippen LogP) is -0.192. The van der Waals surface area contributed by atoms with Crippen LogP contribution in [0.1, 0.15) is 19.3 Å². The molecule has 1 heterocycles. The molecule has 0 radical (unpaired) electrons. The first-order valence-corrected chi connectivity index (χ1v) is 6.07. The van der Waals surface area contributed by atoms with Crippen molar-refractivity contribution in [3.05, 3.63) is 0 Å². The summed E-state index contributed by atoms with van der Waals surface area (Å²) >= 11 is 0. The number of hydrogen-bond donors (Lipinski definition) is 2. The van der Waals surface area contributed by atoms with Crippen molar-refractivity contribution in [2.24, 2.45) is 5.92 Å². The monoisotopic (exact) mass is 211 g/mol. The van der Waals surface area contributed by atoms with Gasteiger partial charge in [0.1, 0.15) is 0 Å². The Kier molecular flexibility index (Phi) is 3.97. The number of carbonyl (C=O) groups excluding carboxylic acids is 1. The fourth-order valence-corrected chi connectivity index (χ4v) is 1.94. The minimum absolute atomic E-state index is 0.273.